The van der Waals surface area contributed by atoms with Gasteiger partial charge in [0.2, 0.25) is 0 Å². The zero-order chi connectivity index (χ0) is 15.4. The Labute approximate surface area is 126 Å². The molecule has 0 radical (unpaired) electrons. The van der Waals surface area contributed by atoms with Crippen molar-refractivity contribution >= 4 is 5.78 Å². The van der Waals surface area contributed by atoms with Crippen LogP contribution >= 0.6 is 0 Å². The van der Waals surface area contributed by atoms with Crippen molar-refractivity contribution in [3.05, 3.63) is 46.5 Å². The highest BCUT2D eigenvalue weighted by atomic mass is 16.1. The van der Waals surface area contributed by atoms with Crippen molar-refractivity contribution < 1.29 is 4.79 Å². The number of aromatic nitrogens is 2. The molecule has 0 unspecified atom stereocenters. The largest absolute Gasteiger partial charge is 0.316 e. The lowest BCUT2D eigenvalue weighted by atomic mass is 9.76. The predicted molar refractivity (Wildman–Crippen MR) is 84.2 cm³/mol. The first-order valence-electron chi connectivity index (χ1n) is 7.47. The van der Waals surface area contributed by atoms with Crippen LogP contribution in [0.15, 0.2) is 18.2 Å². The van der Waals surface area contributed by atoms with E-state index in [2.05, 4.69) is 36.4 Å². The minimum Gasteiger partial charge on any atom is -0.316 e. The topological polar surface area (TPSA) is 34.9 Å². The van der Waals surface area contributed by atoms with Crippen LogP contribution in [0.1, 0.15) is 53.4 Å². The van der Waals surface area contributed by atoms with Gasteiger partial charge in [-0.2, -0.15) is 0 Å². The molecule has 1 aliphatic rings. The Morgan fingerprint density at radius 3 is 2.52 bits per heavy atom. The summed E-state index contributed by atoms with van der Waals surface area (Å²) >= 11 is 0. The van der Waals surface area contributed by atoms with Crippen LogP contribution < -0.4 is 0 Å². The summed E-state index contributed by atoms with van der Waals surface area (Å²) in [7, 11) is 0. The van der Waals surface area contributed by atoms with Crippen molar-refractivity contribution in [1.82, 2.24) is 9.55 Å². The highest BCUT2D eigenvalue weighted by molar-refractivity contribution is 5.99. The first-order valence-corrected chi connectivity index (χ1v) is 7.47. The van der Waals surface area contributed by atoms with Crippen LogP contribution in [0.2, 0.25) is 0 Å². The Bertz CT molecular complexity index is 738. The first kappa shape index (κ1) is 14.1. The Morgan fingerprint density at radius 2 is 1.86 bits per heavy atom. The number of ketones is 1. The smallest absolute Gasteiger partial charge is 0.165 e. The maximum Gasteiger partial charge on any atom is 0.165 e. The van der Waals surface area contributed by atoms with E-state index in [0.29, 0.717) is 6.42 Å². The maximum absolute atomic E-state index is 12.4. The minimum atomic E-state index is 0.0264. The number of carbonyl (C=O) groups is 1. The second-order valence-electron chi connectivity index (χ2n) is 6.98. The van der Waals surface area contributed by atoms with Crippen molar-refractivity contribution in [3.8, 4) is 5.69 Å². The van der Waals surface area contributed by atoms with Crippen molar-refractivity contribution in [3.63, 3.8) is 0 Å². The van der Waals surface area contributed by atoms with Gasteiger partial charge in [-0.1, -0.05) is 13.8 Å². The van der Waals surface area contributed by atoms with Gasteiger partial charge in [0.25, 0.3) is 0 Å². The Morgan fingerprint density at radius 1 is 1.14 bits per heavy atom. The van der Waals surface area contributed by atoms with Gasteiger partial charge in [-0.3, -0.25) is 9.78 Å². The SMILES string of the molecule is Cc1ccc(-n2c(C)cc3c2CC(C)(C)CC3=O)c(C)n1. The van der Waals surface area contributed by atoms with Gasteiger partial charge in [0, 0.05) is 29.1 Å². The van der Waals surface area contributed by atoms with Gasteiger partial charge in [0.1, 0.15) is 0 Å². The molecule has 0 atom stereocenters. The minimum absolute atomic E-state index is 0.0264. The number of Topliss-reactive ketones (excluding diaryl/α,β-unsaturated/α-hetero) is 1. The summed E-state index contributed by atoms with van der Waals surface area (Å²) in [4.78, 5) is 17.0. The molecule has 110 valence electrons. The van der Waals surface area contributed by atoms with Crippen molar-refractivity contribution in [1.29, 1.82) is 0 Å². The molecule has 0 aromatic carbocycles. The fourth-order valence-corrected chi connectivity index (χ4v) is 3.40. The maximum atomic E-state index is 12.4. The van der Waals surface area contributed by atoms with E-state index in [0.717, 1.165) is 40.4 Å². The van der Waals surface area contributed by atoms with Gasteiger partial charge >= 0.3 is 0 Å². The third-order valence-electron chi connectivity index (χ3n) is 4.31. The van der Waals surface area contributed by atoms with Gasteiger partial charge in [-0.15, -0.1) is 0 Å². The molecule has 3 rings (SSSR count). The van der Waals surface area contributed by atoms with Gasteiger partial charge in [0.15, 0.2) is 5.78 Å². The van der Waals surface area contributed by atoms with Crippen molar-refractivity contribution in [2.75, 3.05) is 0 Å². The van der Waals surface area contributed by atoms with E-state index < -0.39 is 0 Å². The average molecular weight is 282 g/mol. The number of pyridine rings is 1. The number of nitrogens with zero attached hydrogens (tertiary/aromatic N) is 2. The van der Waals surface area contributed by atoms with Crippen LogP contribution in [0.25, 0.3) is 5.69 Å². The van der Waals surface area contributed by atoms with E-state index >= 15 is 0 Å². The van der Waals surface area contributed by atoms with Crippen LogP contribution in [0.3, 0.4) is 0 Å². The summed E-state index contributed by atoms with van der Waals surface area (Å²) in [6, 6.07) is 6.17. The molecule has 0 fully saturated rings. The fourth-order valence-electron chi connectivity index (χ4n) is 3.40. The second-order valence-corrected chi connectivity index (χ2v) is 6.98. The van der Waals surface area contributed by atoms with E-state index in [9.17, 15) is 4.79 Å². The zero-order valence-corrected chi connectivity index (χ0v) is 13.4. The predicted octanol–water partition coefficient (Wildman–Crippen LogP) is 3.95. The van der Waals surface area contributed by atoms with Gasteiger partial charge in [-0.25, -0.2) is 0 Å². The summed E-state index contributed by atoms with van der Waals surface area (Å²) in [6.45, 7) is 10.4. The Balaban J connectivity index is 2.23. The van der Waals surface area contributed by atoms with Gasteiger partial charge in [-0.05, 0) is 50.8 Å². The summed E-state index contributed by atoms with van der Waals surface area (Å²) in [5.74, 6) is 0.265. The molecule has 0 N–H and O–H groups in total. The highest BCUT2D eigenvalue weighted by Crippen LogP contribution is 2.37. The number of aryl methyl sites for hydroxylation is 3. The van der Waals surface area contributed by atoms with Crippen LogP contribution in [0.4, 0.5) is 0 Å². The molecule has 3 nitrogen and oxygen atoms in total. The molecule has 0 saturated carbocycles. The quantitative estimate of drug-likeness (QED) is 0.793. The lowest BCUT2D eigenvalue weighted by Gasteiger charge is -2.30. The molecule has 0 spiro atoms. The lowest BCUT2D eigenvalue weighted by molar-refractivity contribution is 0.0911. The van der Waals surface area contributed by atoms with Gasteiger partial charge < -0.3 is 4.57 Å². The van der Waals surface area contributed by atoms with E-state index in [-0.39, 0.29) is 11.2 Å². The summed E-state index contributed by atoms with van der Waals surface area (Å²) in [6.07, 6.45) is 1.56. The molecule has 2 aromatic heterocycles. The normalized spacial score (nSPS) is 16.9. The zero-order valence-electron chi connectivity index (χ0n) is 13.4. The average Bonchev–Trinajstić information content (AvgIpc) is 2.65. The molecular weight excluding hydrogens is 260 g/mol. The standard InChI is InChI=1S/C18H22N2O/c1-11-6-7-15(13(3)19-11)20-12(2)8-14-16(20)9-18(4,5)10-17(14)21/h6-8H,9-10H2,1-5H3. The van der Waals surface area contributed by atoms with Crippen molar-refractivity contribution in [2.45, 2.75) is 47.5 Å². The molecule has 0 bridgehead atoms. The second kappa shape index (κ2) is 4.55. The fraction of sp³-hybridized carbons (Fsp3) is 0.444. The lowest BCUT2D eigenvalue weighted by Crippen LogP contribution is -2.28. The van der Waals surface area contributed by atoms with E-state index in [1.54, 1.807) is 0 Å². The summed E-state index contributed by atoms with van der Waals surface area (Å²) in [5, 5.41) is 0. The number of rotatable bonds is 1. The van der Waals surface area contributed by atoms with Crippen molar-refractivity contribution in [2.24, 2.45) is 5.41 Å². The molecule has 0 saturated heterocycles. The molecule has 1 aliphatic carbocycles. The van der Waals surface area contributed by atoms with E-state index in [1.807, 2.05) is 26.0 Å². The molecule has 3 heteroatoms. The number of hydrogen-bond donors (Lipinski definition) is 0. The third kappa shape index (κ3) is 2.31. The van der Waals surface area contributed by atoms with Crippen LogP contribution in [0.5, 0.6) is 0 Å². The number of hydrogen-bond acceptors (Lipinski definition) is 2. The van der Waals surface area contributed by atoms with E-state index in [1.165, 1.54) is 0 Å². The summed E-state index contributed by atoms with van der Waals surface area (Å²) < 4.78 is 2.22. The highest BCUT2D eigenvalue weighted by Gasteiger charge is 2.34. The van der Waals surface area contributed by atoms with Crippen LogP contribution in [0, 0.1) is 26.2 Å². The van der Waals surface area contributed by atoms with Crippen LogP contribution in [-0.4, -0.2) is 15.3 Å². The summed E-state index contributed by atoms with van der Waals surface area (Å²) in [5.41, 5.74) is 6.29. The molecule has 2 aromatic rings. The monoisotopic (exact) mass is 282 g/mol. The third-order valence-corrected chi connectivity index (χ3v) is 4.31. The van der Waals surface area contributed by atoms with E-state index in [4.69, 9.17) is 0 Å². The van der Waals surface area contributed by atoms with Gasteiger partial charge in [0.05, 0.1) is 11.4 Å². The molecule has 0 amide bonds. The van der Waals surface area contributed by atoms with Crippen LogP contribution in [-0.2, 0) is 6.42 Å². The molecular formula is C18H22N2O. The number of fused-ring (bicyclic) bond motifs is 1. The molecule has 21 heavy (non-hydrogen) atoms. The number of carbonyl (C=O) groups excluding carboxylic acids is 1. The Kier molecular flexibility index (Phi) is 3.05. The molecule has 0 aliphatic heterocycles. The first-order chi connectivity index (χ1) is 9.78. The Hall–Kier alpha value is -1.90. The molecule has 2 heterocycles.